The summed E-state index contributed by atoms with van der Waals surface area (Å²) in [4.78, 5) is 12.2. The quantitative estimate of drug-likeness (QED) is 0.867. The number of aliphatic carboxylic acids is 1. The van der Waals surface area contributed by atoms with Crippen LogP contribution in [0.5, 0.6) is 0 Å². The number of aryl methyl sites for hydroxylation is 1. The molecule has 0 heterocycles. The SMILES string of the molecule is CCCC1(N)CCc2ccccc2C1(CCC)C(=O)O. The molecule has 0 saturated carbocycles. The largest absolute Gasteiger partial charge is 0.481 e. The molecule has 1 aliphatic carbocycles. The summed E-state index contributed by atoms with van der Waals surface area (Å²) in [5.41, 5.74) is 7.19. The zero-order chi connectivity index (χ0) is 14.8. The van der Waals surface area contributed by atoms with E-state index in [1.807, 2.05) is 31.2 Å². The van der Waals surface area contributed by atoms with Crippen LogP contribution >= 0.6 is 0 Å². The van der Waals surface area contributed by atoms with Gasteiger partial charge < -0.3 is 10.8 Å². The molecule has 1 aliphatic rings. The molecule has 2 atom stereocenters. The van der Waals surface area contributed by atoms with Gasteiger partial charge in [0, 0.05) is 5.54 Å². The third-order valence-electron chi connectivity index (χ3n) is 4.85. The number of rotatable bonds is 5. The Morgan fingerprint density at radius 2 is 1.90 bits per heavy atom. The smallest absolute Gasteiger partial charge is 0.316 e. The van der Waals surface area contributed by atoms with Gasteiger partial charge in [-0.25, -0.2) is 0 Å². The van der Waals surface area contributed by atoms with Gasteiger partial charge in [-0.15, -0.1) is 0 Å². The maximum absolute atomic E-state index is 12.2. The highest BCUT2D eigenvalue weighted by atomic mass is 16.4. The fourth-order valence-electron chi connectivity index (χ4n) is 3.97. The Hall–Kier alpha value is -1.35. The van der Waals surface area contributed by atoms with Gasteiger partial charge in [-0.3, -0.25) is 4.79 Å². The van der Waals surface area contributed by atoms with Crippen molar-refractivity contribution in [2.45, 2.75) is 63.3 Å². The minimum Gasteiger partial charge on any atom is -0.481 e. The second-order valence-corrected chi connectivity index (χ2v) is 6.02. The van der Waals surface area contributed by atoms with E-state index in [4.69, 9.17) is 5.73 Å². The van der Waals surface area contributed by atoms with Crippen molar-refractivity contribution in [1.82, 2.24) is 0 Å². The van der Waals surface area contributed by atoms with Gasteiger partial charge in [0.25, 0.3) is 0 Å². The normalized spacial score (nSPS) is 28.9. The molecule has 1 aromatic carbocycles. The number of hydrogen-bond donors (Lipinski definition) is 2. The molecule has 2 rings (SSSR count). The summed E-state index contributed by atoms with van der Waals surface area (Å²) in [6, 6.07) is 7.94. The second-order valence-electron chi connectivity index (χ2n) is 6.02. The third-order valence-corrected chi connectivity index (χ3v) is 4.85. The van der Waals surface area contributed by atoms with Gasteiger partial charge in [0.05, 0.1) is 0 Å². The number of hydrogen-bond acceptors (Lipinski definition) is 2. The van der Waals surface area contributed by atoms with Gasteiger partial charge in [0.2, 0.25) is 0 Å². The number of fused-ring (bicyclic) bond motifs is 1. The summed E-state index contributed by atoms with van der Waals surface area (Å²) in [6.45, 7) is 4.11. The summed E-state index contributed by atoms with van der Waals surface area (Å²) in [6.07, 6.45) is 4.74. The molecule has 0 spiro atoms. The molecule has 0 amide bonds. The number of carboxylic acid groups (broad SMARTS) is 1. The Balaban J connectivity index is 2.67. The molecule has 110 valence electrons. The highest BCUT2D eigenvalue weighted by Crippen LogP contribution is 2.48. The minimum absolute atomic E-state index is 0.607. The predicted molar refractivity (Wildman–Crippen MR) is 80.8 cm³/mol. The maximum atomic E-state index is 12.2. The first-order valence-electron chi connectivity index (χ1n) is 7.62. The molecule has 1 aromatic rings. The van der Waals surface area contributed by atoms with Crippen LogP contribution in [0.2, 0.25) is 0 Å². The average Bonchev–Trinajstić information content (AvgIpc) is 2.42. The van der Waals surface area contributed by atoms with Crippen LogP contribution in [0.1, 0.15) is 57.1 Å². The van der Waals surface area contributed by atoms with Crippen LogP contribution in [0.15, 0.2) is 24.3 Å². The van der Waals surface area contributed by atoms with Crippen molar-refractivity contribution in [3.05, 3.63) is 35.4 Å². The van der Waals surface area contributed by atoms with Crippen LogP contribution in [0.4, 0.5) is 0 Å². The maximum Gasteiger partial charge on any atom is 0.316 e. The van der Waals surface area contributed by atoms with E-state index in [9.17, 15) is 9.90 Å². The van der Waals surface area contributed by atoms with Crippen molar-refractivity contribution in [2.24, 2.45) is 5.73 Å². The number of nitrogens with two attached hydrogens (primary N) is 1. The molecule has 0 fully saturated rings. The highest BCUT2D eigenvalue weighted by molar-refractivity contribution is 5.85. The lowest BCUT2D eigenvalue weighted by Gasteiger charge is -2.50. The molecule has 0 aliphatic heterocycles. The van der Waals surface area contributed by atoms with E-state index in [1.165, 1.54) is 0 Å². The minimum atomic E-state index is -0.938. The zero-order valence-electron chi connectivity index (χ0n) is 12.5. The van der Waals surface area contributed by atoms with Crippen LogP contribution in [-0.4, -0.2) is 16.6 Å². The van der Waals surface area contributed by atoms with E-state index in [0.717, 1.165) is 43.2 Å². The van der Waals surface area contributed by atoms with Crippen LogP contribution in [-0.2, 0) is 16.6 Å². The van der Waals surface area contributed by atoms with Crippen molar-refractivity contribution in [3.63, 3.8) is 0 Å². The van der Waals surface area contributed by atoms with E-state index in [0.29, 0.717) is 6.42 Å². The van der Waals surface area contributed by atoms with Crippen molar-refractivity contribution < 1.29 is 9.90 Å². The van der Waals surface area contributed by atoms with Crippen LogP contribution in [0, 0.1) is 0 Å². The lowest BCUT2D eigenvalue weighted by Crippen LogP contribution is -2.64. The molecule has 3 nitrogen and oxygen atoms in total. The number of benzene rings is 1. The Bertz CT molecular complexity index is 500. The van der Waals surface area contributed by atoms with Crippen LogP contribution in [0.3, 0.4) is 0 Å². The molecule has 0 bridgehead atoms. The topological polar surface area (TPSA) is 63.3 Å². The lowest BCUT2D eigenvalue weighted by molar-refractivity contribution is -0.148. The Kier molecular flexibility index (Phi) is 4.19. The number of carboxylic acids is 1. The van der Waals surface area contributed by atoms with Crippen molar-refractivity contribution >= 4 is 5.97 Å². The highest BCUT2D eigenvalue weighted by Gasteiger charge is 2.56. The van der Waals surface area contributed by atoms with Crippen LogP contribution < -0.4 is 5.73 Å². The van der Waals surface area contributed by atoms with Crippen molar-refractivity contribution in [2.75, 3.05) is 0 Å². The fourth-order valence-corrected chi connectivity index (χ4v) is 3.97. The zero-order valence-corrected chi connectivity index (χ0v) is 12.5. The monoisotopic (exact) mass is 275 g/mol. The van der Waals surface area contributed by atoms with Gasteiger partial charge in [-0.05, 0) is 36.8 Å². The summed E-state index contributed by atoms with van der Waals surface area (Å²) >= 11 is 0. The molecule has 20 heavy (non-hydrogen) atoms. The van der Waals surface area contributed by atoms with E-state index in [2.05, 4.69) is 6.92 Å². The molecule has 3 N–H and O–H groups in total. The first-order chi connectivity index (χ1) is 9.52. The van der Waals surface area contributed by atoms with Gasteiger partial charge in [-0.2, -0.15) is 0 Å². The average molecular weight is 275 g/mol. The second kappa shape index (κ2) is 5.57. The van der Waals surface area contributed by atoms with E-state index >= 15 is 0 Å². The van der Waals surface area contributed by atoms with Gasteiger partial charge >= 0.3 is 5.97 Å². The summed E-state index contributed by atoms with van der Waals surface area (Å²) < 4.78 is 0. The summed E-state index contributed by atoms with van der Waals surface area (Å²) in [5, 5.41) is 10.0. The Morgan fingerprint density at radius 1 is 1.25 bits per heavy atom. The van der Waals surface area contributed by atoms with Gasteiger partial charge in [0.1, 0.15) is 5.41 Å². The molecular formula is C17H25NO2. The van der Waals surface area contributed by atoms with E-state index in [-0.39, 0.29) is 0 Å². The molecular weight excluding hydrogens is 250 g/mol. The molecule has 3 heteroatoms. The molecule has 2 unspecified atom stereocenters. The first kappa shape index (κ1) is 15.0. The number of carbonyl (C=O) groups is 1. The Morgan fingerprint density at radius 3 is 2.50 bits per heavy atom. The van der Waals surface area contributed by atoms with Crippen LogP contribution in [0.25, 0.3) is 0 Å². The first-order valence-corrected chi connectivity index (χ1v) is 7.62. The Labute approximate surface area is 121 Å². The molecule has 0 radical (unpaired) electrons. The third kappa shape index (κ3) is 2.05. The van der Waals surface area contributed by atoms with E-state index in [1.54, 1.807) is 0 Å². The molecule has 0 aromatic heterocycles. The van der Waals surface area contributed by atoms with Crippen molar-refractivity contribution in [3.8, 4) is 0 Å². The molecule has 0 saturated heterocycles. The fraction of sp³-hybridized carbons (Fsp3) is 0.588. The predicted octanol–water partition coefficient (Wildman–Crippen LogP) is 3.25. The van der Waals surface area contributed by atoms with Crippen molar-refractivity contribution in [1.29, 1.82) is 0 Å². The summed E-state index contributed by atoms with van der Waals surface area (Å²) in [5.74, 6) is -0.762. The van der Waals surface area contributed by atoms with Gasteiger partial charge in [0.15, 0.2) is 0 Å². The van der Waals surface area contributed by atoms with Gasteiger partial charge in [-0.1, -0.05) is 51.0 Å². The van der Waals surface area contributed by atoms with E-state index < -0.39 is 16.9 Å². The summed E-state index contributed by atoms with van der Waals surface area (Å²) in [7, 11) is 0. The standard InChI is InChI=1S/C17H25NO2/c1-3-10-16(18)12-9-13-7-5-6-8-14(13)17(16,11-4-2)15(19)20/h5-8H,3-4,9-12,18H2,1-2H3,(H,19,20). The lowest BCUT2D eigenvalue weighted by atomic mass is 9.55.